The van der Waals surface area contributed by atoms with Crippen LogP contribution < -0.4 is 4.90 Å². The van der Waals surface area contributed by atoms with E-state index in [0.29, 0.717) is 12.1 Å². The van der Waals surface area contributed by atoms with E-state index in [1.165, 1.54) is 18.2 Å². The monoisotopic (exact) mass is 364 g/mol. The number of hydrogen-bond acceptors (Lipinski definition) is 5. The number of non-ortho nitro benzene ring substituents is 1. The highest BCUT2D eigenvalue weighted by Crippen LogP contribution is 2.32. The predicted molar refractivity (Wildman–Crippen MR) is 95.5 cm³/mol. The minimum atomic E-state index is -4.35. The molecular weight excluding hydrogens is 344 g/mol. The van der Waals surface area contributed by atoms with Crippen molar-refractivity contribution < 1.29 is 17.9 Å². The molecule has 0 saturated heterocycles. The van der Waals surface area contributed by atoms with Gasteiger partial charge in [0, 0.05) is 24.4 Å². The Balaban J connectivity index is 2.48. The number of benzene rings is 2. The number of aryl methyl sites for hydroxylation is 1. The molecule has 2 rings (SSSR count). The summed E-state index contributed by atoms with van der Waals surface area (Å²) in [6.07, 6.45) is 0. The van der Waals surface area contributed by atoms with E-state index in [9.17, 15) is 23.1 Å². The highest BCUT2D eigenvalue weighted by molar-refractivity contribution is 7.85. The zero-order valence-electron chi connectivity index (χ0n) is 14.2. The van der Waals surface area contributed by atoms with Crippen molar-refractivity contribution in [2.75, 3.05) is 11.4 Å². The Morgan fingerprint density at radius 2 is 1.80 bits per heavy atom. The van der Waals surface area contributed by atoms with E-state index < -0.39 is 15.0 Å². The van der Waals surface area contributed by atoms with Crippen LogP contribution in [-0.4, -0.2) is 24.4 Å². The van der Waals surface area contributed by atoms with Gasteiger partial charge in [-0.2, -0.15) is 8.42 Å². The van der Waals surface area contributed by atoms with Gasteiger partial charge in [0.25, 0.3) is 15.8 Å². The maximum atomic E-state index is 11.7. The molecule has 0 heterocycles. The smallest absolute Gasteiger partial charge is 0.294 e. The molecule has 8 heteroatoms. The Labute approximate surface area is 146 Å². The van der Waals surface area contributed by atoms with Crippen molar-refractivity contribution in [2.24, 2.45) is 0 Å². The average Bonchev–Trinajstić information content (AvgIpc) is 2.54. The second-order valence-electron chi connectivity index (χ2n) is 5.75. The zero-order chi connectivity index (χ0) is 18.8. The van der Waals surface area contributed by atoms with Gasteiger partial charge >= 0.3 is 0 Å². The summed E-state index contributed by atoms with van der Waals surface area (Å²) in [7, 11) is -4.35. The van der Waals surface area contributed by atoms with Crippen LogP contribution in [0.15, 0.2) is 47.4 Å². The molecule has 0 fully saturated rings. The topological polar surface area (TPSA) is 101 Å². The quantitative estimate of drug-likeness (QED) is 0.476. The Morgan fingerprint density at radius 3 is 2.28 bits per heavy atom. The lowest BCUT2D eigenvalue weighted by Gasteiger charge is -2.31. The molecule has 0 spiro atoms. The van der Waals surface area contributed by atoms with Crippen molar-refractivity contribution in [3.05, 3.63) is 63.7 Å². The fraction of sp³-hybridized carbons (Fsp3) is 0.294. The molecule has 1 unspecified atom stereocenters. The second kappa shape index (κ2) is 7.20. The van der Waals surface area contributed by atoms with Crippen LogP contribution in [0, 0.1) is 17.0 Å². The summed E-state index contributed by atoms with van der Waals surface area (Å²) in [4.78, 5) is 12.1. The van der Waals surface area contributed by atoms with Gasteiger partial charge in [0.05, 0.1) is 15.9 Å². The molecule has 0 saturated carbocycles. The van der Waals surface area contributed by atoms with Crippen LogP contribution in [0.1, 0.15) is 31.0 Å². The molecule has 2 aromatic carbocycles. The molecule has 25 heavy (non-hydrogen) atoms. The summed E-state index contributed by atoms with van der Waals surface area (Å²) >= 11 is 0. The van der Waals surface area contributed by atoms with E-state index in [4.69, 9.17) is 0 Å². The van der Waals surface area contributed by atoms with Crippen molar-refractivity contribution >= 4 is 21.5 Å². The van der Waals surface area contributed by atoms with E-state index in [0.717, 1.165) is 11.3 Å². The summed E-state index contributed by atoms with van der Waals surface area (Å²) in [6, 6.07) is 10.4. The highest BCUT2D eigenvalue weighted by atomic mass is 32.2. The molecule has 0 bridgehead atoms. The highest BCUT2D eigenvalue weighted by Gasteiger charge is 2.24. The van der Waals surface area contributed by atoms with E-state index >= 15 is 0 Å². The van der Waals surface area contributed by atoms with Crippen LogP contribution in [0.5, 0.6) is 0 Å². The first-order valence-corrected chi connectivity index (χ1v) is 9.18. The van der Waals surface area contributed by atoms with Crippen LogP contribution in [0.3, 0.4) is 0 Å². The van der Waals surface area contributed by atoms with E-state index in [-0.39, 0.29) is 16.6 Å². The molecule has 2 aromatic rings. The average molecular weight is 364 g/mol. The lowest BCUT2D eigenvalue weighted by atomic mass is 10.0. The molecule has 1 N–H and O–H groups in total. The molecule has 134 valence electrons. The second-order valence-corrected chi connectivity index (χ2v) is 7.14. The van der Waals surface area contributed by atoms with Gasteiger partial charge in [-0.25, -0.2) is 0 Å². The number of nitro benzene ring substituents is 1. The molecular formula is C17H20N2O5S. The SMILES string of the molecule is CCN(c1ccc([N+](=O)[O-])cc1)C(C)c1cc(C)ccc1S(=O)(=O)O. The van der Waals surface area contributed by atoms with Gasteiger partial charge < -0.3 is 4.90 Å². The van der Waals surface area contributed by atoms with Crippen molar-refractivity contribution in [3.63, 3.8) is 0 Å². The Morgan fingerprint density at radius 1 is 1.20 bits per heavy atom. The summed E-state index contributed by atoms with van der Waals surface area (Å²) in [5.41, 5.74) is 2.06. The van der Waals surface area contributed by atoms with Crippen LogP contribution in [-0.2, 0) is 10.1 Å². The summed E-state index contributed by atoms with van der Waals surface area (Å²) in [6.45, 7) is 6.12. The van der Waals surface area contributed by atoms with E-state index in [1.54, 1.807) is 24.3 Å². The van der Waals surface area contributed by atoms with Crippen LogP contribution >= 0.6 is 0 Å². The maximum absolute atomic E-state index is 11.7. The van der Waals surface area contributed by atoms with Crippen LogP contribution in [0.4, 0.5) is 11.4 Å². The Hall–Kier alpha value is -2.45. The number of hydrogen-bond donors (Lipinski definition) is 1. The molecule has 1 atom stereocenters. The molecule has 7 nitrogen and oxygen atoms in total. The molecule has 0 aromatic heterocycles. The maximum Gasteiger partial charge on any atom is 0.294 e. The summed E-state index contributed by atoms with van der Waals surface area (Å²) in [5.74, 6) is 0. The van der Waals surface area contributed by atoms with E-state index in [1.807, 2.05) is 25.7 Å². The lowest BCUT2D eigenvalue weighted by Crippen LogP contribution is -2.27. The zero-order valence-corrected chi connectivity index (χ0v) is 15.0. The molecule has 0 aliphatic carbocycles. The van der Waals surface area contributed by atoms with Gasteiger partial charge in [-0.05, 0) is 44.5 Å². The third kappa shape index (κ3) is 4.15. The van der Waals surface area contributed by atoms with Gasteiger partial charge in [-0.15, -0.1) is 0 Å². The van der Waals surface area contributed by atoms with Crippen LogP contribution in [0.25, 0.3) is 0 Å². The normalized spacial score (nSPS) is 12.6. The van der Waals surface area contributed by atoms with Crippen molar-refractivity contribution in [1.29, 1.82) is 0 Å². The summed E-state index contributed by atoms with van der Waals surface area (Å²) < 4.78 is 32.9. The fourth-order valence-electron chi connectivity index (χ4n) is 2.84. The molecule has 0 amide bonds. The third-order valence-electron chi connectivity index (χ3n) is 4.09. The minimum Gasteiger partial charge on any atom is -0.365 e. The first kappa shape index (κ1) is 18.9. The largest absolute Gasteiger partial charge is 0.365 e. The Bertz CT molecular complexity index is 878. The number of nitro groups is 1. The van der Waals surface area contributed by atoms with Gasteiger partial charge in [-0.1, -0.05) is 17.7 Å². The molecule has 0 aliphatic heterocycles. The minimum absolute atomic E-state index is 0.0124. The first-order valence-electron chi connectivity index (χ1n) is 7.74. The third-order valence-corrected chi connectivity index (χ3v) is 5.02. The number of rotatable bonds is 6. The van der Waals surface area contributed by atoms with Crippen LogP contribution in [0.2, 0.25) is 0 Å². The van der Waals surface area contributed by atoms with Crippen molar-refractivity contribution in [1.82, 2.24) is 0 Å². The molecule has 0 radical (unpaired) electrons. The predicted octanol–water partition coefficient (Wildman–Crippen LogP) is 3.74. The number of nitrogens with zero attached hydrogens (tertiary/aromatic N) is 2. The van der Waals surface area contributed by atoms with E-state index in [2.05, 4.69) is 0 Å². The van der Waals surface area contributed by atoms with Crippen molar-refractivity contribution in [3.8, 4) is 0 Å². The van der Waals surface area contributed by atoms with Gasteiger partial charge in [0.15, 0.2) is 0 Å². The number of anilines is 1. The van der Waals surface area contributed by atoms with Gasteiger partial charge in [0.2, 0.25) is 0 Å². The fourth-order valence-corrected chi connectivity index (χ4v) is 3.61. The molecule has 0 aliphatic rings. The van der Waals surface area contributed by atoms with Gasteiger partial charge in [0.1, 0.15) is 0 Å². The Kier molecular flexibility index (Phi) is 5.44. The van der Waals surface area contributed by atoms with Gasteiger partial charge in [-0.3, -0.25) is 14.7 Å². The summed E-state index contributed by atoms with van der Waals surface area (Å²) in [5, 5.41) is 10.8. The standard InChI is InChI=1S/C17H20N2O5S/c1-4-18(14-6-8-15(9-7-14)19(20)21)13(3)16-11-12(2)5-10-17(16)25(22,23)24/h5-11,13H,4H2,1-3H3,(H,22,23,24). The first-order chi connectivity index (χ1) is 11.6. The van der Waals surface area contributed by atoms with Crippen molar-refractivity contribution in [2.45, 2.75) is 31.7 Å². The lowest BCUT2D eigenvalue weighted by molar-refractivity contribution is -0.384.